The van der Waals surface area contributed by atoms with Crippen LogP contribution < -0.4 is 10.5 Å². The SMILES string of the molecule is COc1cc(C)c(C2(C(C)N)COC2)c(C)c1C. The van der Waals surface area contributed by atoms with E-state index in [1.807, 2.05) is 0 Å². The Labute approximate surface area is 109 Å². The van der Waals surface area contributed by atoms with E-state index in [9.17, 15) is 0 Å². The summed E-state index contributed by atoms with van der Waals surface area (Å²) in [6.07, 6.45) is 0. The fourth-order valence-electron chi connectivity index (χ4n) is 2.98. The van der Waals surface area contributed by atoms with Crippen molar-refractivity contribution >= 4 is 0 Å². The van der Waals surface area contributed by atoms with Crippen LogP contribution in [0.15, 0.2) is 6.07 Å². The third-order valence-electron chi connectivity index (χ3n) is 4.36. The summed E-state index contributed by atoms with van der Waals surface area (Å²) < 4.78 is 10.9. The van der Waals surface area contributed by atoms with E-state index >= 15 is 0 Å². The molecule has 1 heterocycles. The first-order chi connectivity index (χ1) is 8.44. The van der Waals surface area contributed by atoms with Gasteiger partial charge in [0.2, 0.25) is 0 Å². The van der Waals surface area contributed by atoms with Gasteiger partial charge in [0.25, 0.3) is 0 Å². The molecule has 0 saturated carbocycles. The zero-order chi connectivity index (χ0) is 13.5. The highest BCUT2D eigenvalue weighted by atomic mass is 16.5. The first kappa shape index (κ1) is 13.4. The monoisotopic (exact) mass is 249 g/mol. The van der Waals surface area contributed by atoms with E-state index in [2.05, 4.69) is 33.8 Å². The highest BCUT2D eigenvalue weighted by molar-refractivity contribution is 5.52. The third-order valence-corrected chi connectivity index (χ3v) is 4.36. The minimum Gasteiger partial charge on any atom is -0.496 e. The maximum Gasteiger partial charge on any atom is 0.122 e. The molecule has 0 radical (unpaired) electrons. The molecule has 3 heteroatoms. The maximum atomic E-state index is 6.21. The number of methoxy groups -OCH3 is 1. The molecule has 1 aromatic carbocycles. The van der Waals surface area contributed by atoms with E-state index in [1.54, 1.807) is 7.11 Å². The van der Waals surface area contributed by atoms with Crippen molar-refractivity contribution in [2.45, 2.75) is 39.2 Å². The molecule has 1 atom stereocenters. The zero-order valence-corrected chi connectivity index (χ0v) is 12.0. The molecule has 1 aliphatic rings. The maximum absolute atomic E-state index is 6.21. The second-order valence-corrected chi connectivity index (χ2v) is 5.46. The van der Waals surface area contributed by atoms with Crippen LogP contribution in [-0.4, -0.2) is 26.4 Å². The molecule has 0 amide bonds. The summed E-state index contributed by atoms with van der Waals surface area (Å²) in [6, 6.07) is 2.21. The Balaban J connectivity index is 2.61. The highest BCUT2D eigenvalue weighted by Crippen LogP contribution is 2.41. The molecular weight excluding hydrogens is 226 g/mol. The molecule has 1 aromatic rings. The fraction of sp³-hybridized carbons (Fsp3) is 0.600. The van der Waals surface area contributed by atoms with Gasteiger partial charge in [-0.2, -0.15) is 0 Å². The van der Waals surface area contributed by atoms with Crippen LogP contribution in [0, 0.1) is 20.8 Å². The molecule has 100 valence electrons. The lowest BCUT2D eigenvalue weighted by molar-refractivity contribution is -0.0708. The van der Waals surface area contributed by atoms with Crippen molar-refractivity contribution in [3.05, 3.63) is 28.3 Å². The van der Waals surface area contributed by atoms with Crippen LogP contribution in [-0.2, 0) is 10.2 Å². The standard InChI is InChI=1S/C15H23NO2/c1-9-6-13(17-5)10(2)11(3)14(9)15(12(4)16)7-18-8-15/h6,12H,7-8,16H2,1-5H3. The van der Waals surface area contributed by atoms with Crippen LogP contribution in [0.2, 0.25) is 0 Å². The van der Waals surface area contributed by atoms with E-state index in [-0.39, 0.29) is 11.5 Å². The second-order valence-electron chi connectivity index (χ2n) is 5.46. The first-order valence-electron chi connectivity index (χ1n) is 6.42. The third kappa shape index (κ3) is 1.73. The first-order valence-corrected chi connectivity index (χ1v) is 6.42. The molecule has 2 rings (SSSR count). The predicted molar refractivity (Wildman–Crippen MR) is 73.4 cm³/mol. The molecule has 3 nitrogen and oxygen atoms in total. The number of hydrogen-bond acceptors (Lipinski definition) is 3. The summed E-state index contributed by atoms with van der Waals surface area (Å²) in [7, 11) is 1.72. The molecule has 0 spiro atoms. The van der Waals surface area contributed by atoms with Crippen LogP contribution in [0.4, 0.5) is 0 Å². The molecule has 1 saturated heterocycles. The number of rotatable bonds is 3. The highest BCUT2D eigenvalue weighted by Gasteiger charge is 2.45. The average Bonchev–Trinajstić information content (AvgIpc) is 2.26. The van der Waals surface area contributed by atoms with Crippen LogP contribution in [0.1, 0.15) is 29.2 Å². The number of hydrogen-bond donors (Lipinski definition) is 1. The topological polar surface area (TPSA) is 44.5 Å². The normalized spacial score (nSPS) is 19.2. The molecule has 18 heavy (non-hydrogen) atoms. The van der Waals surface area contributed by atoms with E-state index in [0.29, 0.717) is 0 Å². The van der Waals surface area contributed by atoms with Crippen molar-refractivity contribution in [1.29, 1.82) is 0 Å². The number of ether oxygens (including phenoxy) is 2. The average molecular weight is 249 g/mol. The zero-order valence-electron chi connectivity index (χ0n) is 12.0. The summed E-state index contributed by atoms with van der Waals surface area (Å²) in [5.74, 6) is 0.953. The van der Waals surface area contributed by atoms with Gasteiger partial charge < -0.3 is 15.2 Å². The quantitative estimate of drug-likeness (QED) is 0.893. The van der Waals surface area contributed by atoms with E-state index in [0.717, 1.165) is 19.0 Å². The van der Waals surface area contributed by atoms with Gasteiger partial charge in [-0.15, -0.1) is 0 Å². The fourth-order valence-corrected chi connectivity index (χ4v) is 2.98. The molecule has 0 bridgehead atoms. The van der Waals surface area contributed by atoms with Crippen molar-refractivity contribution < 1.29 is 9.47 Å². The lowest BCUT2D eigenvalue weighted by atomic mass is 9.69. The molecule has 0 aromatic heterocycles. The smallest absolute Gasteiger partial charge is 0.122 e. The Hall–Kier alpha value is -1.06. The minimum absolute atomic E-state index is 0.0226. The molecule has 1 fully saturated rings. The van der Waals surface area contributed by atoms with Gasteiger partial charge in [0.15, 0.2) is 0 Å². The van der Waals surface area contributed by atoms with E-state index in [1.165, 1.54) is 22.3 Å². The Kier molecular flexibility index (Phi) is 3.39. The van der Waals surface area contributed by atoms with Gasteiger partial charge in [-0.3, -0.25) is 0 Å². The Bertz CT molecular complexity index is 462. The van der Waals surface area contributed by atoms with Crippen LogP contribution in [0.5, 0.6) is 5.75 Å². The lowest BCUT2D eigenvalue weighted by Crippen LogP contribution is -2.58. The van der Waals surface area contributed by atoms with Crippen LogP contribution >= 0.6 is 0 Å². The van der Waals surface area contributed by atoms with Gasteiger partial charge in [0.1, 0.15) is 5.75 Å². The van der Waals surface area contributed by atoms with Gasteiger partial charge in [0, 0.05) is 6.04 Å². The van der Waals surface area contributed by atoms with Crippen molar-refractivity contribution in [2.24, 2.45) is 5.73 Å². The molecular formula is C15H23NO2. The number of aryl methyl sites for hydroxylation is 1. The van der Waals surface area contributed by atoms with E-state index in [4.69, 9.17) is 15.2 Å². The summed E-state index contributed by atoms with van der Waals surface area (Å²) in [4.78, 5) is 0. The van der Waals surface area contributed by atoms with Gasteiger partial charge in [-0.1, -0.05) is 0 Å². The Morgan fingerprint density at radius 3 is 2.28 bits per heavy atom. The minimum atomic E-state index is -0.0226. The number of nitrogens with two attached hydrogens (primary N) is 1. The second kappa shape index (κ2) is 4.56. The molecule has 2 N–H and O–H groups in total. The largest absolute Gasteiger partial charge is 0.496 e. The van der Waals surface area contributed by atoms with E-state index < -0.39 is 0 Å². The summed E-state index contributed by atoms with van der Waals surface area (Å²) in [6.45, 7) is 9.90. The van der Waals surface area contributed by atoms with Crippen LogP contribution in [0.3, 0.4) is 0 Å². The van der Waals surface area contributed by atoms with Crippen molar-refractivity contribution in [1.82, 2.24) is 0 Å². The summed E-state index contributed by atoms with van der Waals surface area (Å²) in [5, 5.41) is 0. The number of benzene rings is 1. The molecule has 1 unspecified atom stereocenters. The molecule has 1 aliphatic heterocycles. The van der Waals surface area contributed by atoms with Crippen LogP contribution in [0.25, 0.3) is 0 Å². The van der Waals surface area contributed by atoms with Gasteiger partial charge in [-0.25, -0.2) is 0 Å². The van der Waals surface area contributed by atoms with Gasteiger partial charge >= 0.3 is 0 Å². The lowest BCUT2D eigenvalue weighted by Gasteiger charge is -2.47. The summed E-state index contributed by atoms with van der Waals surface area (Å²) in [5.41, 5.74) is 11.3. The molecule has 0 aliphatic carbocycles. The predicted octanol–water partition coefficient (Wildman–Crippen LogP) is 2.24. The van der Waals surface area contributed by atoms with Gasteiger partial charge in [-0.05, 0) is 56.0 Å². The van der Waals surface area contributed by atoms with Gasteiger partial charge in [0.05, 0.1) is 25.7 Å². The van der Waals surface area contributed by atoms with Crippen molar-refractivity contribution in [3.8, 4) is 5.75 Å². The van der Waals surface area contributed by atoms with Crippen molar-refractivity contribution in [3.63, 3.8) is 0 Å². The Morgan fingerprint density at radius 1 is 1.28 bits per heavy atom. The Morgan fingerprint density at radius 2 is 1.89 bits per heavy atom. The van der Waals surface area contributed by atoms with Crippen molar-refractivity contribution in [2.75, 3.05) is 20.3 Å². The summed E-state index contributed by atoms with van der Waals surface area (Å²) >= 11 is 0.